The van der Waals surface area contributed by atoms with Crippen molar-refractivity contribution in [2.24, 2.45) is 0 Å². The summed E-state index contributed by atoms with van der Waals surface area (Å²) in [6, 6.07) is 175. The summed E-state index contributed by atoms with van der Waals surface area (Å²) in [4.78, 5) is 14.5. The van der Waals surface area contributed by atoms with Crippen LogP contribution < -0.4 is 29.4 Å². The second-order valence-electron chi connectivity index (χ2n) is 33.7. The lowest BCUT2D eigenvalue weighted by Gasteiger charge is -2.33. The Hall–Kier alpha value is -16.8. The molecular formula is C124H92N6. The first-order valence-corrected chi connectivity index (χ1v) is 44.8. The van der Waals surface area contributed by atoms with Gasteiger partial charge < -0.3 is 29.4 Å². The third-order valence-electron chi connectivity index (χ3n) is 25.6. The quantitative estimate of drug-likeness (QED) is 0.0792. The number of para-hydroxylation sites is 10. The zero-order valence-corrected chi connectivity index (χ0v) is 72.9. The molecule has 24 aromatic carbocycles. The Morgan fingerprint density at radius 1 is 0.123 bits per heavy atom. The van der Waals surface area contributed by atoms with Crippen LogP contribution in [-0.4, -0.2) is 0 Å². The number of benzene rings is 24. The van der Waals surface area contributed by atoms with E-state index in [1.165, 1.54) is 131 Å². The Labute approximate surface area is 758 Å². The lowest BCUT2D eigenvalue weighted by molar-refractivity contribution is 1.24. The Kier molecular flexibility index (Phi) is 20.9. The Bertz CT molecular complexity index is 7630. The summed E-state index contributed by atoms with van der Waals surface area (Å²) in [7, 11) is 0. The zero-order chi connectivity index (χ0) is 87.1. The molecule has 0 heterocycles. The highest BCUT2D eigenvalue weighted by atomic mass is 15.2. The number of aryl methyl sites for hydroxylation is 4. The first-order chi connectivity index (χ1) is 64.2. The molecule has 0 bridgehead atoms. The average Bonchev–Trinajstić information content (AvgIpc) is 0.722. The molecule has 0 aromatic heterocycles. The van der Waals surface area contributed by atoms with Crippen LogP contribution in [0.4, 0.5) is 102 Å². The first kappa shape index (κ1) is 79.1. The van der Waals surface area contributed by atoms with Gasteiger partial charge in [-0.05, 0) is 250 Å². The molecule has 24 rings (SSSR count). The highest BCUT2D eigenvalue weighted by Crippen LogP contribution is 2.56. The van der Waals surface area contributed by atoms with Gasteiger partial charge in [0.15, 0.2) is 0 Å². The molecule has 6 nitrogen and oxygen atoms in total. The summed E-state index contributed by atoms with van der Waals surface area (Å²) in [6.07, 6.45) is 0. The third kappa shape index (κ3) is 14.5. The normalized spacial score (nSPS) is 11.4. The summed E-state index contributed by atoms with van der Waals surface area (Å²) in [5.41, 5.74) is 25.4. The summed E-state index contributed by atoms with van der Waals surface area (Å²) in [5.74, 6) is 0. The average molecular weight is 1670 g/mol. The van der Waals surface area contributed by atoms with Crippen molar-refractivity contribution in [2.75, 3.05) is 29.4 Å². The maximum absolute atomic E-state index is 2.44. The number of rotatable bonds is 18. The predicted octanol–water partition coefficient (Wildman–Crippen LogP) is 35.8. The Morgan fingerprint density at radius 2 is 0.308 bits per heavy atom. The van der Waals surface area contributed by atoms with Gasteiger partial charge in [-0.2, -0.15) is 0 Å². The minimum absolute atomic E-state index is 1.12. The van der Waals surface area contributed by atoms with Crippen molar-refractivity contribution in [3.63, 3.8) is 0 Å². The van der Waals surface area contributed by atoms with Gasteiger partial charge in [0.05, 0.1) is 34.1 Å². The summed E-state index contributed by atoms with van der Waals surface area (Å²) in [6.45, 7) is 8.73. The smallest absolute Gasteiger partial charge is 0.0561 e. The van der Waals surface area contributed by atoms with Gasteiger partial charge in [-0.1, -0.05) is 334 Å². The van der Waals surface area contributed by atoms with Gasteiger partial charge in [-0.3, -0.25) is 0 Å². The molecule has 24 aromatic rings. The van der Waals surface area contributed by atoms with Gasteiger partial charge in [0.2, 0.25) is 0 Å². The van der Waals surface area contributed by atoms with Crippen LogP contribution in [0.15, 0.2) is 485 Å². The minimum Gasteiger partial charge on any atom is -0.310 e. The molecule has 0 amide bonds. The van der Waals surface area contributed by atoms with E-state index in [4.69, 9.17) is 0 Å². The maximum atomic E-state index is 2.44. The lowest BCUT2D eigenvalue weighted by atomic mass is 9.91. The molecule has 618 valence electrons. The van der Waals surface area contributed by atoms with Crippen LogP contribution in [0.25, 0.3) is 97.0 Å². The molecule has 0 radical (unpaired) electrons. The SMILES string of the molecule is Cc1cccc(N(c2ccccc2)c2cc(N(c3ccccc3)c3cccc(C)c3)c3ccc4cccc5ccc2c3c54)c1.Cc1ccccc1N(c1ccccc1)c1cc(N(c2ccccc2)c2ccccc2C)c2ccc3cccc4ccc1c2c43.c1ccc(N(c2ccccc2)c2cc(N(c3ccccc3)c3ccccc3)c3ccc4cccc5ccc2c3c54)cc1. The van der Waals surface area contributed by atoms with E-state index in [9.17, 15) is 0 Å². The zero-order valence-electron chi connectivity index (χ0n) is 72.9. The van der Waals surface area contributed by atoms with E-state index in [1.807, 2.05) is 0 Å². The number of hydrogen-bond acceptors (Lipinski definition) is 6. The number of hydrogen-bond donors (Lipinski definition) is 0. The second-order valence-corrected chi connectivity index (χ2v) is 33.7. The monoisotopic (exact) mass is 1660 g/mol. The predicted molar refractivity (Wildman–Crippen MR) is 557 cm³/mol. The van der Waals surface area contributed by atoms with Gasteiger partial charge in [-0.15, -0.1) is 0 Å². The van der Waals surface area contributed by atoms with Crippen LogP contribution in [0.3, 0.4) is 0 Å². The van der Waals surface area contributed by atoms with E-state index >= 15 is 0 Å². The largest absolute Gasteiger partial charge is 0.310 e. The Balaban J connectivity index is 0.000000114. The van der Waals surface area contributed by atoms with E-state index in [2.05, 4.69) is 542 Å². The molecule has 0 spiro atoms. The van der Waals surface area contributed by atoms with Crippen LogP contribution >= 0.6 is 0 Å². The molecular weight excluding hydrogens is 1570 g/mol. The van der Waals surface area contributed by atoms with E-state index in [0.717, 1.165) is 91.0 Å². The molecule has 0 saturated heterocycles. The lowest BCUT2D eigenvalue weighted by Crippen LogP contribution is -2.15. The number of nitrogens with zero attached hydrogens (tertiary/aromatic N) is 6. The minimum atomic E-state index is 1.12. The van der Waals surface area contributed by atoms with Crippen molar-refractivity contribution >= 4 is 199 Å². The van der Waals surface area contributed by atoms with E-state index in [1.54, 1.807) is 0 Å². The van der Waals surface area contributed by atoms with E-state index in [-0.39, 0.29) is 0 Å². The third-order valence-corrected chi connectivity index (χ3v) is 25.6. The summed E-state index contributed by atoms with van der Waals surface area (Å²) >= 11 is 0. The summed E-state index contributed by atoms with van der Waals surface area (Å²) < 4.78 is 0. The van der Waals surface area contributed by atoms with E-state index < -0.39 is 0 Å². The Morgan fingerprint density at radius 3 is 0.531 bits per heavy atom. The maximum Gasteiger partial charge on any atom is 0.0561 e. The van der Waals surface area contributed by atoms with Crippen molar-refractivity contribution in [1.29, 1.82) is 0 Å². The molecule has 0 unspecified atom stereocenters. The van der Waals surface area contributed by atoms with Gasteiger partial charge in [0, 0.05) is 117 Å². The van der Waals surface area contributed by atoms with Crippen LogP contribution in [-0.2, 0) is 0 Å². The van der Waals surface area contributed by atoms with Gasteiger partial charge in [0.25, 0.3) is 0 Å². The molecule has 0 fully saturated rings. The van der Waals surface area contributed by atoms with Crippen LogP contribution in [0.5, 0.6) is 0 Å². The fraction of sp³-hybridized carbons (Fsp3) is 0.0323. The van der Waals surface area contributed by atoms with Gasteiger partial charge in [0.1, 0.15) is 0 Å². The molecule has 0 atom stereocenters. The molecule has 0 saturated carbocycles. The van der Waals surface area contributed by atoms with Crippen molar-refractivity contribution in [3.8, 4) is 0 Å². The van der Waals surface area contributed by atoms with Gasteiger partial charge in [-0.25, -0.2) is 0 Å². The highest BCUT2D eigenvalue weighted by molar-refractivity contribution is 6.32. The van der Waals surface area contributed by atoms with Gasteiger partial charge >= 0.3 is 0 Å². The molecule has 0 aliphatic carbocycles. The molecule has 6 heteroatoms. The van der Waals surface area contributed by atoms with Crippen molar-refractivity contribution in [1.82, 2.24) is 0 Å². The molecule has 0 N–H and O–H groups in total. The topological polar surface area (TPSA) is 19.4 Å². The van der Waals surface area contributed by atoms with Crippen LogP contribution in [0, 0.1) is 27.7 Å². The molecule has 0 aliphatic heterocycles. The second kappa shape index (κ2) is 34.3. The number of anilines is 18. The van der Waals surface area contributed by atoms with Crippen LogP contribution in [0.1, 0.15) is 22.3 Å². The molecule has 130 heavy (non-hydrogen) atoms. The summed E-state index contributed by atoms with van der Waals surface area (Å²) in [5, 5.41) is 22.7. The molecule has 0 aliphatic rings. The van der Waals surface area contributed by atoms with Crippen molar-refractivity contribution in [2.45, 2.75) is 27.7 Å². The standard InChI is InChI=1S/2C42H32N2.C40H28N2/c1-29-12-9-20-35(26-29)43(33-16-5-3-6-17-33)39-28-40(44(34-18-7-4-8-19-34)36-21-10-13-30(2)27-36)38-25-23-32-15-11-14-31-22-24-37(39)42(38)41(31)32;1-29-14-9-11-22-37(29)43(33-18-5-3-6-19-33)39-28-40(44(34-20-7-4-8-21-34)38-23-12-10-15-30(38)2)36-27-25-32-17-13-16-31-24-26-35(39)42(36)41(31)32;1-5-16-31(17-6-1)41(32-18-7-2-8-19-32)37-28-38(42(33-20-9-3-10-21-33)34-22-11-4-12-23-34)36-27-25-30-15-13-14-29-24-26-35(37)40(36)39(29)30/h2*3-28H,1-2H3;1-28H. The van der Waals surface area contributed by atoms with E-state index in [0.29, 0.717) is 0 Å². The van der Waals surface area contributed by atoms with Crippen LogP contribution in [0.2, 0.25) is 0 Å². The van der Waals surface area contributed by atoms with Crippen molar-refractivity contribution in [3.05, 3.63) is 508 Å². The fourth-order valence-corrected chi connectivity index (χ4v) is 19.8. The fourth-order valence-electron chi connectivity index (χ4n) is 19.8. The first-order valence-electron chi connectivity index (χ1n) is 44.8. The van der Waals surface area contributed by atoms with Crippen molar-refractivity contribution < 1.29 is 0 Å². The highest BCUT2D eigenvalue weighted by Gasteiger charge is 2.30.